The van der Waals surface area contributed by atoms with E-state index in [1.165, 1.54) is 0 Å². The Labute approximate surface area is 119 Å². The summed E-state index contributed by atoms with van der Waals surface area (Å²) in [5, 5.41) is 5.85. The van der Waals surface area contributed by atoms with E-state index in [2.05, 4.69) is 20.5 Å². The Balaban J connectivity index is 0.000000550. The Hall–Kier alpha value is -1.33. The molecule has 0 aromatic carbocycles. The maximum Gasteiger partial charge on any atom is 0.269 e. The molecule has 1 aliphatic heterocycles. The Bertz CT molecular complexity index is 377. The van der Waals surface area contributed by atoms with Crippen LogP contribution in [0.5, 0.6) is 0 Å². The molecule has 5 nitrogen and oxygen atoms in total. The van der Waals surface area contributed by atoms with Gasteiger partial charge in [-0.25, -0.2) is 4.98 Å². The van der Waals surface area contributed by atoms with Gasteiger partial charge in [0.05, 0.1) is 11.9 Å². The van der Waals surface area contributed by atoms with Crippen LogP contribution in [-0.2, 0) is 0 Å². The third-order valence-electron chi connectivity index (χ3n) is 2.69. The summed E-state index contributed by atoms with van der Waals surface area (Å²) in [4.78, 5) is 17.7. The zero-order valence-electron chi connectivity index (χ0n) is 11.4. The fourth-order valence-corrected chi connectivity index (χ4v) is 1.76. The van der Waals surface area contributed by atoms with Gasteiger partial charge in [0.1, 0.15) is 5.69 Å². The molecule has 0 spiro atoms. The van der Waals surface area contributed by atoms with E-state index in [0.29, 0.717) is 5.69 Å². The van der Waals surface area contributed by atoms with E-state index >= 15 is 0 Å². The second kappa shape index (κ2) is 8.72. The van der Waals surface area contributed by atoms with Gasteiger partial charge in [0.25, 0.3) is 5.91 Å². The Morgan fingerprint density at radius 1 is 1.47 bits per heavy atom. The number of amides is 1. The van der Waals surface area contributed by atoms with Crippen molar-refractivity contribution >= 4 is 23.2 Å². The predicted octanol–water partition coefficient (Wildman–Crippen LogP) is 1.10. The van der Waals surface area contributed by atoms with Gasteiger partial charge in [-0.1, -0.05) is 6.92 Å². The van der Waals surface area contributed by atoms with Gasteiger partial charge in [0.2, 0.25) is 0 Å². The molecular formula is C13H21ClN4O. The van der Waals surface area contributed by atoms with Gasteiger partial charge in [-0.3, -0.25) is 4.79 Å². The van der Waals surface area contributed by atoms with Crippen molar-refractivity contribution < 1.29 is 4.79 Å². The number of alkyl halides is 1. The Morgan fingerprint density at radius 2 is 2.11 bits per heavy atom. The molecule has 6 heteroatoms. The molecule has 1 aliphatic rings. The SMILES string of the molecule is CCCl.CNC(=O)c1ccc(N2CCNCC2)cn1. The summed E-state index contributed by atoms with van der Waals surface area (Å²) >= 11 is 5.00. The van der Waals surface area contributed by atoms with Crippen molar-refractivity contribution in [2.45, 2.75) is 6.92 Å². The molecule has 19 heavy (non-hydrogen) atoms. The van der Waals surface area contributed by atoms with Crippen LogP contribution in [0.3, 0.4) is 0 Å². The monoisotopic (exact) mass is 284 g/mol. The van der Waals surface area contributed by atoms with Gasteiger partial charge in [0.15, 0.2) is 0 Å². The summed E-state index contributed by atoms with van der Waals surface area (Å²) < 4.78 is 0. The number of carbonyl (C=O) groups is 1. The normalized spacial score (nSPS) is 14.4. The lowest BCUT2D eigenvalue weighted by Crippen LogP contribution is -2.43. The van der Waals surface area contributed by atoms with Crippen LogP contribution in [0.15, 0.2) is 18.3 Å². The fraction of sp³-hybridized carbons (Fsp3) is 0.538. The van der Waals surface area contributed by atoms with Crippen molar-refractivity contribution in [3.05, 3.63) is 24.0 Å². The van der Waals surface area contributed by atoms with Crippen molar-refractivity contribution in [3.63, 3.8) is 0 Å². The summed E-state index contributed by atoms with van der Waals surface area (Å²) in [6.07, 6.45) is 1.76. The first-order chi connectivity index (χ1) is 9.22. The Morgan fingerprint density at radius 3 is 2.58 bits per heavy atom. The molecule has 1 amide bonds. The zero-order valence-corrected chi connectivity index (χ0v) is 12.2. The summed E-state index contributed by atoms with van der Waals surface area (Å²) in [5.74, 6) is 0.576. The lowest BCUT2D eigenvalue weighted by Gasteiger charge is -2.29. The number of halogens is 1. The van der Waals surface area contributed by atoms with Crippen molar-refractivity contribution in [1.29, 1.82) is 0 Å². The molecule has 1 saturated heterocycles. The minimum Gasteiger partial charge on any atom is -0.368 e. The van der Waals surface area contributed by atoms with Gasteiger partial charge in [-0.05, 0) is 12.1 Å². The summed E-state index contributed by atoms with van der Waals surface area (Å²) in [7, 11) is 1.61. The second-order valence-corrected chi connectivity index (χ2v) is 4.52. The summed E-state index contributed by atoms with van der Waals surface area (Å²) in [5.41, 5.74) is 1.54. The highest BCUT2D eigenvalue weighted by Crippen LogP contribution is 2.13. The molecule has 2 rings (SSSR count). The van der Waals surface area contributed by atoms with E-state index in [1.807, 2.05) is 13.0 Å². The maximum absolute atomic E-state index is 11.3. The lowest BCUT2D eigenvalue weighted by atomic mass is 10.2. The predicted molar refractivity (Wildman–Crippen MR) is 79.1 cm³/mol. The van der Waals surface area contributed by atoms with Crippen LogP contribution in [0.2, 0.25) is 0 Å². The molecule has 1 aromatic heterocycles. The van der Waals surface area contributed by atoms with E-state index in [4.69, 9.17) is 11.6 Å². The Kier molecular flexibility index (Phi) is 7.22. The molecule has 0 radical (unpaired) electrons. The number of aromatic nitrogens is 1. The van der Waals surface area contributed by atoms with Gasteiger partial charge in [-0.15, -0.1) is 11.6 Å². The van der Waals surface area contributed by atoms with Crippen molar-refractivity contribution in [2.75, 3.05) is 44.0 Å². The van der Waals surface area contributed by atoms with Crippen LogP contribution in [-0.4, -0.2) is 50.0 Å². The number of hydrogen-bond donors (Lipinski definition) is 2. The van der Waals surface area contributed by atoms with Crippen LogP contribution < -0.4 is 15.5 Å². The van der Waals surface area contributed by atoms with Crippen LogP contribution >= 0.6 is 11.6 Å². The number of hydrogen-bond acceptors (Lipinski definition) is 4. The van der Waals surface area contributed by atoms with Crippen molar-refractivity contribution in [1.82, 2.24) is 15.6 Å². The average Bonchev–Trinajstić information content (AvgIpc) is 2.48. The number of nitrogens with zero attached hydrogens (tertiary/aromatic N) is 2. The fourth-order valence-electron chi connectivity index (χ4n) is 1.76. The standard InChI is InChI=1S/C11H16N4O.C2H5Cl/c1-12-11(16)10-3-2-9(8-14-10)15-6-4-13-5-7-15;1-2-3/h2-3,8,13H,4-7H2,1H3,(H,12,16);2H2,1H3. The third kappa shape index (κ3) is 5.04. The molecule has 0 unspecified atom stereocenters. The van der Waals surface area contributed by atoms with Gasteiger partial charge in [-0.2, -0.15) is 0 Å². The van der Waals surface area contributed by atoms with Gasteiger partial charge in [0, 0.05) is 39.1 Å². The molecule has 0 atom stereocenters. The molecule has 2 heterocycles. The van der Waals surface area contributed by atoms with Crippen LogP contribution in [0, 0.1) is 0 Å². The first-order valence-corrected chi connectivity index (χ1v) is 6.96. The van der Waals surface area contributed by atoms with Crippen LogP contribution in [0.4, 0.5) is 5.69 Å². The van der Waals surface area contributed by atoms with Gasteiger partial charge < -0.3 is 15.5 Å². The first-order valence-electron chi connectivity index (χ1n) is 6.42. The second-order valence-electron chi connectivity index (χ2n) is 3.99. The minimum absolute atomic E-state index is 0.146. The zero-order chi connectivity index (χ0) is 14.1. The number of rotatable bonds is 2. The smallest absolute Gasteiger partial charge is 0.269 e. The molecule has 0 aliphatic carbocycles. The number of anilines is 1. The lowest BCUT2D eigenvalue weighted by molar-refractivity contribution is 0.0958. The highest BCUT2D eigenvalue weighted by atomic mass is 35.5. The van der Waals surface area contributed by atoms with Crippen molar-refractivity contribution in [2.24, 2.45) is 0 Å². The van der Waals surface area contributed by atoms with E-state index in [-0.39, 0.29) is 5.91 Å². The van der Waals surface area contributed by atoms with Crippen LogP contribution in [0.1, 0.15) is 17.4 Å². The highest BCUT2D eigenvalue weighted by Gasteiger charge is 2.11. The van der Waals surface area contributed by atoms with Gasteiger partial charge >= 0.3 is 0 Å². The number of carbonyl (C=O) groups excluding carboxylic acids is 1. The van der Waals surface area contributed by atoms with E-state index in [9.17, 15) is 4.79 Å². The number of piperazine rings is 1. The first kappa shape index (κ1) is 15.7. The molecule has 1 aromatic rings. The molecule has 1 fully saturated rings. The third-order valence-corrected chi connectivity index (χ3v) is 2.69. The molecular weight excluding hydrogens is 264 g/mol. The highest BCUT2D eigenvalue weighted by molar-refractivity contribution is 6.17. The molecule has 2 N–H and O–H groups in total. The minimum atomic E-state index is -0.146. The van der Waals surface area contributed by atoms with E-state index in [0.717, 1.165) is 37.7 Å². The van der Waals surface area contributed by atoms with Crippen molar-refractivity contribution in [3.8, 4) is 0 Å². The number of nitrogens with one attached hydrogen (secondary N) is 2. The summed E-state index contributed by atoms with van der Waals surface area (Å²) in [6, 6.07) is 3.71. The topological polar surface area (TPSA) is 57.3 Å². The maximum atomic E-state index is 11.3. The molecule has 0 bridgehead atoms. The largest absolute Gasteiger partial charge is 0.368 e. The van der Waals surface area contributed by atoms with Crippen LogP contribution in [0.25, 0.3) is 0 Å². The van der Waals surface area contributed by atoms with E-state index in [1.54, 1.807) is 19.3 Å². The quantitative estimate of drug-likeness (QED) is 0.799. The molecule has 106 valence electrons. The van der Waals surface area contributed by atoms with E-state index < -0.39 is 0 Å². The average molecular weight is 285 g/mol. The summed E-state index contributed by atoms with van der Waals surface area (Å²) in [6.45, 7) is 5.86. The number of pyridine rings is 1. The molecule has 0 saturated carbocycles.